The molecule has 0 atom stereocenters. The van der Waals surface area contributed by atoms with E-state index in [4.69, 9.17) is 32.0 Å². The Morgan fingerprint density at radius 1 is 0.706 bits per heavy atom. The van der Waals surface area contributed by atoms with Gasteiger partial charge in [-0.3, -0.25) is 0 Å². The first-order valence-electron chi connectivity index (χ1n) is 9.52. The fourth-order valence-electron chi connectivity index (χ4n) is 2.60. The van der Waals surface area contributed by atoms with Crippen molar-refractivity contribution < 1.29 is 8.83 Å². The number of hydrogen-bond acceptors (Lipinski definition) is 10. The molecular formula is C22H12Cl2N6O2S2. The van der Waals surface area contributed by atoms with Crippen LogP contribution in [-0.2, 0) is 11.5 Å². The molecule has 34 heavy (non-hydrogen) atoms. The van der Waals surface area contributed by atoms with Crippen LogP contribution < -0.4 is 0 Å². The van der Waals surface area contributed by atoms with Crippen LogP contribution in [0.1, 0.15) is 11.8 Å². The summed E-state index contributed by atoms with van der Waals surface area (Å²) in [6, 6.07) is 17.9. The highest BCUT2D eigenvalue weighted by Gasteiger charge is 2.16. The van der Waals surface area contributed by atoms with Gasteiger partial charge < -0.3 is 8.83 Å². The molecule has 8 nitrogen and oxygen atoms in total. The molecule has 0 aliphatic rings. The Morgan fingerprint density at radius 3 is 1.50 bits per heavy atom. The molecule has 0 unspecified atom stereocenters. The van der Waals surface area contributed by atoms with E-state index < -0.39 is 0 Å². The normalized spacial score (nSPS) is 10.5. The number of nitrogens with zero attached hydrogens (tertiary/aromatic N) is 6. The van der Waals surface area contributed by atoms with E-state index >= 15 is 0 Å². The molecule has 0 saturated carbocycles. The van der Waals surface area contributed by atoms with Crippen LogP contribution >= 0.6 is 46.7 Å². The standard InChI is InChI=1S/C22H12Cl2N6O2S2/c23-16-5-1-13(2-6-16)20-29-27-18(31-20)11-33-22(15(9-25)10-26)34-12-19-28-30-21(32-19)14-3-7-17(24)8-4-14/h1-8H,11-12H2. The van der Waals surface area contributed by atoms with Gasteiger partial charge in [-0.25, -0.2) is 0 Å². The SMILES string of the molecule is N#CC(C#N)=C(SCc1nnc(-c2ccc(Cl)cc2)o1)SCc1nnc(-c2ccc(Cl)cc2)o1. The summed E-state index contributed by atoms with van der Waals surface area (Å²) in [5, 5.41) is 36.1. The number of hydrogen-bond donors (Lipinski definition) is 0. The molecule has 0 aliphatic heterocycles. The van der Waals surface area contributed by atoms with E-state index in [1.165, 1.54) is 23.5 Å². The van der Waals surface area contributed by atoms with Crippen LogP contribution in [0.3, 0.4) is 0 Å². The summed E-state index contributed by atoms with van der Waals surface area (Å²) in [7, 11) is 0. The van der Waals surface area contributed by atoms with E-state index in [-0.39, 0.29) is 17.1 Å². The minimum absolute atomic E-state index is 0.0233. The molecular weight excluding hydrogens is 515 g/mol. The maximum Gasteiger partial charge on any atom is 0.247 e. The van der Waals surface area contributed by atoms with E-state index in [1.54, 1.807) is 48.5 Å². The van der Waals surface area contributed by atoms with Gasteiger partial charge in [0.05, 0.1) is 15.7 Å². The zero-order chi connectivity index (χ0) is 23.9. The van der Waals surface area contributed by atoms with Gasteiger partial charge in [-0.2, -0.15) is 10.5 Å². The Hall–Kier alpha value is -3.28. The highest BCUT2D eigenvalue weighted by Crippen LogP contribution is 2.36. The predicted octanol–water partition coefficient (Wildman–Crippen LogP) is 6.52. The van der Waals surface area contributed by atoms with Crippen LogP contribution in [0.5, 0.6) is 0 Å². The average Bonchev–Trinajstić information content (AvgIpc) is 3.52. The molecule has 2 aromatic heterocycles. The number of halogens is 2. The molecule has 4 rings (SSSR count). The predicted molar refractivity (Wildman–Crippen MR) is 130 cm³/mol. The lowest BCUT2D eigenvalue weighted by molar-refractivity contribution is 0.528. The maximum absolute atomic E-state index is 9.36. The van der Waals surface area contributed by atoms with Crippen LogP contribution in [0.25, 0.3) is 22.9 Å². The first-order chi connectivity index (χ1) is 16.6. The van der Waals surface area contributed by atoms with Crippen LogP contribution in [0.4, 0.5) is 0 Å². The molecule has 0 N–H and O–H groups in total. The molecule has 12 heteroatoms. The van der Waals surface area contributed by atoms with Crippen LogP contribution in [0.2, 0.25) is 10.0 Å². The number of nitriles is 2. The Labute approximate surface area is 212 Å². The summed E-state index contributed by atoms with van der Waals surface area (Å²) in [5.41, 5.74) is 1.45. The van der Waals surface area contributed by atoms with Gasteiger partial charge >= 0.3 is 0 Å². The molecule has 4 aromatic rings. The summed E-state index contributed by atoms with van der Waals surface area (Å²) in [5.74, 6) is 1.96. The van der Waals surface area contributed by atoms with E-state index in [1.807, 2.05) is 12.1 Å². The van der Waals surface area contributed by atoms with Crippen molar-refractivity contribution in [3.8, 4) is 35.0 Å². The van der Waals surface area contributed by atoms with Gasteiger partial charge in [0.2, 0.25) is 23.6 Å². The van der Waals surface area contributed by atoms with Gasteiger partial charge in [-0.1, -0.05) is 23.2 Å². The number of rotatable bonds is 8. The summed E-state index contributed by atoms with van der Waals surface area (Å²) in [4.78, 5) is 0. The lowest BCUT2D eigenvalue weighted by atomic mass is 10.2. The minimum atomic E-state index is -0.0233. The molecule has 0 saturated heterocycles. The average molecular weight is 527 g/mol. The van der Waals surface area contributed by atoms with Crippen molar-refractivity contribution >= 4 is 46.7 Å². The zero-order valence-corrected chi connectivity index (χ0v) is 20.3. The number of thioether (sulfide) groups is 2. The van der Waals surface area contributed by atoms with E-state index in [0.29, 0.717) is 37.8 Å². The number of aromatic nitrogens is 4. The summed E-state index contributed by atoms with van der Waals surface area (Å²) in [6.07, 6.45) is 0. The Morgan fingerprint density at radius 2 is 1.12 bits per heavy atom. The van der Waals surface area contributed by atoms with Gasteiger partial charge in [0.1, 0.15) is 17.7 Å². The Bertz CT molecular complexity index is 1300. The summed E-state index contributed by atoms with van der Waals surface area (Å²) >= 11 is 14.3. The number of allylic oxidation sites excluding steroid dienone is 1. The molecule has 2 aromatic carbocycles. The molecule has 0 amide bonds. The molecule has 2 heterocycles. The largest absolute Gasteiger partial charge is 0.420 e. The van der Waals surface area contributed by atoms with Crippen LogP contribution in [0.15, 0.2) is 67.2 Å². The van der Waals surface area contributed by atoms with E-state index in [0.717, 1.165) is 11.1 Å². The molecule has 0 radical (unpaired) electrons. The second-order valence-corrected chi connectivity index (χ2v) is 9.58. The number of benzene rings is 2. The lowest BCUT2D eigenvalue weighted by Crippen LogP contribution is -1.87. The molecule has 0 fully saturated rings. The zero-order valence-electron chi connectivity index (χ0n) is 17.1. The van der Waals surface area contributed by atoms with Crippen LogP contribution in [-0.4, -0.2) is 20.4 Å². The van der Waals surface area contributed by atoms with E-state index in [2.05, 4.69) is 20.4 Å². The fourth-order valence-corrected chi connectivity index (χ4v) is 4.75. The smallest absolute Gasteiger partial charge is 0.247 e. The van der Waals surface area contributed by atoms with Crippen molar-refractivity contribution in [1.82, 2.24) is 20.4 Å². The summed E-state index contributed by atoms with van der Waals surface area (Å²) < 4.78 is 11.9. The molecule has 0 aliphatic carbocycles. The highest BCUT2D eigenvalue weighted by atomic mass is 35.5. The van der Waals surface area contributed by atoms with Crippen LogP contribution in [0, 0.1) is 22.7 Å². The third-order valence-corrected chi connectivity index (χ3v) is 7.12. The van der Waals surface area contributed by atoms with Crippen molar-refractivity contribution in [2.24, 2.45) is 0 Å². The van der Waals surface area contributed by atoms with Crippen molar-refractivity contribution in [3.05, 3.63) is 80.2 Å². The Balaban J connectivity index is 1.42. The van der Waals surface area contributed by atoms with Gasteiger partial charge in [0, 0.05) is 21.2 Å². The second kappa shape index (κ2) is 11.2. The lowest BCUT2D eigenvalue weighted by Gasteiger charge is -2.03. The van der Waals surface area contributed by atoms with Gasteiger partial charge in [-0.15, -0.1) is 43.9 Å². The second-order valence-electron chi connectivity index (χ2n) is 6.48. The molecule has 0 spiro atoms. The minimum Gasteiger partial charge on any atom is -0.420 e. The highest BCUT2D eigenvalue weighted by molar-refractivity contribution is 8.21. The maximum atomic E-state index is 9.36. The quantitative estimate of drug-likeness (QED) is 0.234. The van der Waals surface area contributed by atoms with Gasteiger partial charge in [0.25, 0.3) is 0 Å². The first-order valence-corrected chi connectivity index (χ1v) is 12.2. The Kier molecular flexibility index (Phi) is 7.88. The molecule has 0 bridgehead atoms. The topological polar surface area (TPSA) is 125 Å². The fraction of sp³-hybridized carbons (Fsp3) is 0.0909. The first kappa shape index (κ1) is 23.9. The monoisotopic (exact) mass is 526 g/mol. The third kappa shape index (κ3) is 5.99. The van der Waals surface area contributed by atoms with Crippen molar-refractivity contribution in [1.29, 1.82) is 10.5 Å². The summed E-state index contributed by atoms with van der Waals surface area (Å²) in [6.45, 7) is 0. The van der Waals surface area contributed by atoms with Crippen molar-refractivity contribution in [2.75, 3.05) is 0 Å². The third-order valence-electron chi connectivity index (χ3n) is 4.20. The van der Waals surface area contributed by atoms with E-state index in [9.17, 15) is 10.5 Å². The molecule has 168 valence electrons. The van der Waals surface area contributed by atoms with Crippen molar-refractivity contribution in [2.45, 2.75) is 11.5 Å². The van der Waals surface area contributed by atoms with Gasteiger partial charge in [0.15, 0.2) is 0 Å². The van der Waals surface area contributed by atoms with Gasteiger partial charge in [-0.05, 0) is 48.5 Å². The van der Waals surface area contributed by atoms with Crippen molar-refractivity contribution in [3.63, 3.8) is 0 Å².